The summed E-state index contributed by atoms with van der Waals surface area (Å²) in [5, 5.41) is 7.74. The second-order valence-corrected chi connectivity index (χ2v) is 6.74. The molecule has 0 saturated heterocycles. The van der Waals surface area contributed by atoms with Crippen LogP contribution in [0.4, 0.5) is 8.78 Å². The number of aryl methyl sites for hydroxylation is 1. The zero-order chi connectivity index (χ0) is 17.3. The Bertz CT molecular complexity index is 776. The second-order valence-electron chi connectivity index (χ2n) is 5.80. The molecule has 24 heavy (non-hydrogen) atoms. The molecule has 0 spiro atoms. The maximum absolute atomic E-state index is 13.4. The lowest BCUT2D eigenvalue weighted by Gasteiger charge is -2.23. The van der Waals surface area contributed by atoms with Crippen molar-refractivity contribution in [3.05, 3.63) is 34.6 Å². The molecule has 0 radical (unpaired) electrons. The van der Waals surface area contributed by atoms with Crippen LogP contribution < -0.4 is 5.73 Å². The molecular weight excluding hydrogens is 334 g/mol. The van der Waals surface area contributed by atoms with Crippen LogP contribution in [0.2, 0.25) is 0 Å². The molecule has 0 atom stereocenters. The van der Waals surface area contributed by atoms with Crippen molar-refractivity contribution in [1.29, 1.82) is 0 Å². The summed E-state index contributed by atoms with van der Waals surface area (Å²) in [5.41, 5.74) is 9.31. The molecule has 5 nitrogen and oxygen atoms in total. The van der Waals surface area contributed by atoms with Gasteiger partial charge in [-0.15, -0.1) is 10.2 Å². The van der Waals surface area contributed by atoms with Crippen LogP contribution in [0.3, 0.4) is 0 Å². The lowest BCUT2D eigenvalue weighted by Crippen LogP contribution is -2.15. The van der Waals surface area contributed by atoms with Crippen LogP contribution in [0, 0.1) is 6.92 Å². The molecule has 2 N–H and O–H groups in total. The first-order chi connectivity index (χ1) is 11.5. The monoisotopic (exact) mass is 352 g/mol. The topological polar surface area (TPSA) is 73.8 Å². The minimum Gasteiger partial charge on any atom is -0.369 e. The average Bonchev–Trinajstić information content (AvgIpc) is 2.97. The van der Waals surface area contributed by atoms with E-state index in [4.69, 9.17) is 5.73 Å². The van der Waals surface area contributed by atoms with E-state index < -0.39 is 18.2 Å². The summed E-state index contributed by atoms with van der Waals surface area (Å²) in [6, 6.07) is 3.78. The molecule has 3 rings (SSSR count). The SMILES string of the molecule is Cc1ccc(-n2c(SCC(N)=O)nnc2C(F)F)c2c1CCCC2. The van der Waals surface area contributed by atoms with Gasteiger partial charge in [-0.1, -0.05) is 17.8 Å². The summed E-state index contributed by atoms with van der Waals surface area (Å²) in [5.74, 6) is -0.965. The van der Waals surface area contributed by atoms with Gasteiger partial charge in [0, 0.05) is 0 Å². The molecule has 0 saturated carbocycles. The fraction of sp³-hybridized carbons (Fsp3) is 0.438. The second kappa shape index (κ2) is 6.88. The lowest BCUT2D eigenvalue weighted by molar-refractivity contribution is -0.115. The quantitative estimate of drug-likeness (QED) is 0.840. The fourth-order valence-corrected chi connectivity index (χ4v) is 3.81. The van der Waals surface area contributed by atoms with Gasteiger partial charge in [-0.3, -0.25) is 9.36 Å². The number of amides is 1. The summed E-state index contributed by atoms with van der Waals surface area (Å²) in [6.45, 7) is 2.04. The Morgan fingerprint density at radius 2 is 2.00 bits per heavy atom. The van der Waals surface area contributed by atoms with Crippen molar-refractivity contribution in [3.8, 4) is 5.69 Å². The molecule has 1 heterocycles. The molecule has 1 aromatic heterocycles. The number of rotatable bonds is 5. The molecular formula is C16H18F2N4OS. The Hall–Kier alpha value is -1.96. The molecule has 128 valence electrons. The van der Waals surface area contributed by atoms with E-state index in [2.05, 4.69) is 10.2 Å². The number of nitrogens with two attached hydrogens (primary N) is 1. The number of alkyl halides is 2. The maximum Gasteiger partial charge on any atom is 0.297 e. The Kier molecular flexibility index (Phi) is 4.84. The van der Waals surface area contributed by atoms with Gasteiger partial charge in [0.15, 0.2) is 5.16 Å². The molecule has 1 amide bonds. The number of hydrogen-bond donors (Lipinski definition) is 1. The Morgan fingerprint density at radius 3 is 2.67 bits per heavy atom. The predicted octanol–water partition coefficient (Wildman–Crippen LogP) is 2.97. The summed E-state index contributed by atoms with van der Waals surface area (Å²) in [6.07, 6.45) is 1.17. The molecule has 1 aliphatic rings. The summed E-state index contributed by atoms with van der Waals surface area (Å²) < 4.78 is 28.2. The number of halogens is 2. The van der Waals surface area contributed by atoms with Crippen LogP contribution in [0.25, 0.3) is 5.69 Å². The molecule has 1 aromatic carbocycles. The minimum atomic E-state index is -2.75. The van der Waals surface area contributed by atoms with Gasteiger partial charge in [0.05, 0.1) is 11.4 Å². The largest absolute Gasteiger partial charge is 0.369 e. The number of carbonyl (C=O) groups excluding carboxylic acids is 1. The van der Waals surface area contributed by atoms with Crippen molar-refractivity contribution < 1.29 is 13.6 Å². The Balaban J connectivity index is 2.14. The molecule has 1 aliphatic carbocycles. The fourth-order valence-electron chi connectivity index (χ4n) is 3.12. The van der Waals surface area contributed by atoms with Crippen LogP contribution in [-0.4, -0.2) is 26.4 Å². The summed E-state index contributed by atoms with van der Waals surface area (Å²) >= 11 is 1.02. The van der Waals surface area contributed by atoms with Crippen molar-refractivity contribution in [1.82, 2.24) is 14.8 Å². The highest BCUT2D eigenvalue weighted by Gasteiger charge is 2.25. The zero-order valence-electron chi connectivity index (χ0n) is 13.3. The number of primary amides is 1. The smallest absolute Gasteiger partial charge is 0.297 e. The highest BCUT2D eigenvalue weighted by Crippen LogP contribution is 2.34. The number of thioether (sulfide) groups is 1. The highest BCUT2D eigenvalue weighted by molar-refractivity contribution is 7.99. The molecule has 0 fully saturated rings. The summed E-state index contributed by atoms with van der Waals surface area (Å²) in [7, 11) is 0. The number of nitrogens with zero attached hydrogens (tertiary/aromatic N) is 3. The van der Waals surface area contributed by atoms with E-state index in [0.29, 0.717) is 5.69 Å². The third kappa shape index (κ3) is 3.15. The maximum atomic E-state index is 13.4. The van der Waals surface area contributed by atoms with E-state index in [0.717, 1.165) is 43.0 Å². The van der Waals surface area contributed by atoms with Crippen molar-refractivity contribution in [2.45, 2.75) is 44.2 Å². The third-order valence-corrected chi connectivity index (χ3v) is 5.13. The number of benzene rings is 1. The van der Waals surface area contributed by atoms with Crippen LogP contribution >= 0.6 is 11.8 Å². The van der Waals surface area contributed by atoms with Gasteiger partial charge in [0.25, 0.3) is 6.43 Å². The molecule has 0 unspecified atom stereocenters. The standard InChI is InChI=1S/C16H18F2N4OS/c1-9-6-7-12(11-5-3-2-4-10(9)11)22-15(14(17)18)20-21-16(22)24-8-13(19)23/h6-7,14H,2-5,8H2,1H3,(H2,19,23). The first-order valence-electron chi connectivity index (χ1n) is 7.75. The van der Waals surface area contributed by atoms with Crippen molar-refractivity contribution in [2.75, 3.05) is 5.75 Å². The highest BCUT2D eigenvalue weighted by atomic mass is 32.2. The first kappa shape index (κ1) is 16.9. The van der Waals surface area contributed by atoms with Crippen molar-refractivity contribution in [3.63, 3.8) is 0 Å². The van der Waals surface area contributed by atoms with Crippen molar-refractivity contribution in [2.24, 2.45) is 5.73 Å². The number of aromatic nitrogens is 3. The van der Waals surface area contributed by atoms with E-state index in [9.17, 15) is 13.6 Å². The number of fused-ring (bicyclic) bond motifs is 1. The van der Waals surface area contributed by atoms with Crippen LogP contribution in [-0.2, 0) is 17.6 Å². The minimum absolute atomic E-state index is 0.0323. The molecule has 2 aromatic rings. The first-order valence-corrected chi connectivity index (χ1v) is 8.74. The van der Waals surface area contributed by atoms with E-state index >= 15 is 0 Å². The number of hydrogen-bond acceptors (Lipinski definition) is 4. The van der Waals surface area contributed by atoms with Gasteiger partial charge < -0.3 is 5.73 Å². The molecule has 0 aliphatic heterocycles. The van der Waals surface area contributed by atoms with Crippen molar-refractivity contribution >= 4 is 17.7 Å². The van der Waals surface area contributed by atoms with E-state index in [1.165, 1.54) is 15.7 Å². The van der Waals surface area contributed by atoms with Gasteiger partial charge in [0.2, 0.25) is 11.7 Å². The Morgan fingerprint density at radius 1 is 1.29 bits per heavy atom. The summed E-state index contributed by atoms with van der Waals surface area (Å²) in [4.78, 5) is 11.0. The van der Waals surface area contributed by atoms with Crippen LogP contribution in [0.1, 0.15) is 41.8 Å². The predicted molar refractivity (Wildman–Crippen MR) is 87.6 cm³/mol. The van der Waals surface area contributed by atoms with E-state index in [-0.39, 0.29) is 10.9 Å². The van der Waals surface area contributed by atoms with E-state index in [1.807, 2.05) is 19.1 Å². The van der Waals surface area contributed by atoms with Gasteiger partial charge in [0.1, 0.15) is 0 Å². The van der Waals surface area contributed by atoms with E-state index in [1.54, 1.807) is 0 Å². The molecule has 0 bridgehead atoms. The number of carbonyl (C=O) groups is 1. The third-order valence-electron chi connectivity index (χ3n) is 4.18. The van der Waals surface area contributed by atoms with Gasteiger partial charge >= 0.3 is 0 Å². The van der Waals surface area contributed by atoms with Crippen LogP contribution in [0.15, 0.2) is 17.3 Å². The average molecular weight is 352 g/mol. The lowest BCUT2D eigenvalue weighted by atomic mass is 9.87. The van der Waals surface area contributed by atoms with Crippen LogP contribution in [0.5, 0.6) is 0 Å². The Labute approximate surface area is 142 Å². The zero-order valence-corrected chi connectivity index (χ0v) is 14.1. The van der Waals surface area contributed by atoms with Gasteiger partial charge in [-0.05, 0) is 55.4 Å². The normalized spacial score (nSPS) is 14.0. The van der Waals surface area contributed by atoms with Gasteiger partial charge in [-0.25, -0.2) is 8.78 Å². The molecule has 8 heteroatoms. The van der Waals surface area contributed by atoms with Gasteiger partial charge in [-0.2, -0.15) is 0 Å².